The maximum atomic E-state index is 12.2. The third kappa shape index (κ3) is 2.74. The highest BCUT2D eigenvalue weighted by molar-refractivity contribution is 5.89. The van der Waals surface area contributed by atoms with Gasteiger partial charge in [-0.25, -0.2) is 9.78 Å². The summed E-state index contributed by atoms with van der Waals surface area (Å²) in [7, 11) is 1.36. The maximum absolute atomic E-state index is 12.2. The van der Waals surface area contributed by atoms with Crippen molar-refractivity contribution < 1.29 is 14.3 Å². The largest absolute Gasteiger partial charge is 0.469 e. The van der Waals surface area contributed by atoms with Crippen molar-refractivity contribution in [3.63, 3.8) is 0 Å². The molecule has 0 radical (unpaired) electrons. The van der Waals surface area contributed by atoms with Crippen LogP contribution in [0.25, 0.3) is 5.65 Å². The Hall–Kier alpha value is -2.57. The lowest BCUT2D eigenvalue weighted by atomic mass is 10.1. The van der Waals surface area contributed by atoms with E-state index in [-0.39, 0.29) is 17.9 Å². The number of pyridine rings is 1. The standard InChI is InChI=1S/C15H18N4O3/c1-10-3-4-13-16-12(9-19(13)7-10)17-15(21)18-6-5-11(8-18)14(20)22-2/h3-4,7,9,11H,5-6,8H2,1-2H3,(H,17,21). The summed E-state index contributed by atoms with van der Waals surface area (Å²) in [5.41, 5.74) is 1.89. The van der Waals surface area contributed by atoms with Gasteiger partial charge in [-0.3, -0.25) is 10.1 Å². The van der Waals surface area contributed by atoms with Crippen LogP contribution in [0.5, 0.6) is 0 Å². The van der Waals surface area contributed by atoms with Crippen molar-refractivity contribution in [2.45, 2.75) is 13.3 Å². The summed E-state index contributed by atoms with van der Waals surface area (Å²) in [5, 5.41) is 2.77. The van der Waals surface area contributed by atoms with Gasteiger partial charge in [-0.1, -0.05) is 6.07 Å². The zero-order valence-corrected chi connectivity index (χ0v) is 12.6. The van der Waals surface area contributed by atoms with E-state index in [4.69, 9.17) is 4.74 Å². The van der Waals surface area contributed by atoms with Gasteiger partial charge in [0.15, 0.2) is 5.82 Å². The highest BCUT2D eigenvalue weighted by Gasteiger charge is 2.31. The number of rotatable bonds is 2. The molecule has 0 spiro atoms. The van der Waals surface area contributed by atoms with Crippen LogP contribution < -0.4 is 5.32 Å². The van der Waals surface area contributed by atoms with Gasteiger partial charge in [0.2, 0.25) is 0 Å². The summed E-state index contributed by atoms with van der Waals surface area (Å²) in [5.74, 6) is -0.00454. The Kier molecular flexibility index (Phi) is 3.70. The van der Waals surface area contributed by atoms with E-state index in [0.717, 1.165) is 11.2 Å². The lowest BCUT2D eigenvalue weighted by molar-refractivity contribution is -0.144. The smallest absolute Gasteiger partial charge is 0.323 e. The number of ether oxygens (including phenoxy) is 1. The molecule has 0 aliphatic carbocycles. The molecule has 3 rings (SSSR count). The van der Waals surface area contributed by atoms with Crippen molar-refractivity contribution in [1.82, 2.24) is 14.3 Å². The number of methoxy groups -OCH3 is 1. The molecule has 0 bridgehead atoms. The molecular weight excluding hydrogens is 284 g/mol. The Morgan fingerprint density at radius 3 is 2.95 bits per heavy atom. The number of hydrogen-bond donors (Lipinski definition) is 1. The van der Waals surface area contributed by atoms with Gasteiger partial charge in [-0.05, 0) is 25.0 Å². The van der Waals surface area contributed by atoms with Gasteiger partial charge >= 0.3 is 12.0 Å². The average Bonchev–Trinajstić information content (AvgIpc) is 3.12. The molecule has 0 aromatic carbocycles. The second-order valence-corrected chi connectivity index (χ2v) is 5.48. The fourth-order valence-corrected chi connectivity index (χ4v) is 2.66. The number of likely N-dealkylation sites (tertiary alicyclic amines) is 1. The molecular formula is C15H18N4O3. The molecule has 1 N–H and O–H groups in total. The van der Waals surface area contributed by atoms with E-state index < -0.39 is 0 Å². The number of nitrogens with one attached hydrogen (secondary N) is 1. The van der Waals surface area contributed by atoms with E-state index in [1.165, 1.54) is 7.11 Å². The van der Waals surface area contributed by atoms with Crippen LogP contribution in [0.2, 0.25) is 0 Å². The fourth-order valence-electron chi connectivity index (χ4n) is 2.66. The molecule has 1 aliphatic rings. The topological polar surface area (TPSA) is 75.9 Å². The van der Waals surface area contributed by atoms with Crippen molar-refractivity contribution in [1.29, 1.82) is 0 Å². The van der Waals surface area contributed by atoms with E-state index >= 15 is 0 Å². The Morgan fingerprint density at radius 2 is 2.18 bits per heavy atom. The van der Waals surface area contributed by atoms with E-state index in [9.17, 15) is 9.59 Å². The first-order chi connectivity index (χ1) is 10.6. The van der Waals surface area contributed by atoms with Crippen LogP contribution in [-0.2, 0) is 9.53 Å². The Morgan fingerprint density at radius 1 is 1.36 bits per heavy atom. The highest BCUT2D eigenvalue weighted by Crippen LogP contribution is 2.19. The second kappa shape index (κ2) is 5.67. The zero-order valence-electron chi connectivity index (χ0n) is 12.6. The van der Waals surface area contributed by atoms with Crippen LogP contribution in [0.15, 0.2) is 24.5 Å². The van der Waals surface area contributed by atoms with Crippen molar-refractivity contribution >= 4 is 23.5 Å². The summed E-state index contributed by atoms with van der Waals surface area (Å²) in [6.07, 6.45) is 4.35. The summed E-state index contributed by atoms with van der Waals surface area (Å²) < 4.78 is 6.59. The number of fused-ring (bicyclic) bond motifs is 1. The van der Waals surface area contributed by atoms with Crippen LogP contribution >= 0.6 is 0 Å². The molecule has 1 atom stereocenters. The Labute approximate surface area is 127 Å². The molecule has 7 nitrogen and oxygen atoms in total. The van der Waals surface area contributed by atoms with E-state index in [1.807, 2.05) is 29.7 Å². The third-order valence-electron chi connectivity index (χ3n) is 3.84. The lowest BCUT2D eigenvalue weighted by Gasteiger charge is -2.15. The van der Waals surface area contributed by atoms with Gasteiger partial charge in [0.05, 0.1) is 19.2 Å². The molecule has 2 amide bonds. The van der Waals surface area contributed by atoms with E-state index in [1.54, 1.807) is 11.1 Å². The van der Waals surface area contributed by atoms with Crippen LogP contribution in [0.4, 0.5) is 10.6 Å². The van der Waals surface area contributed by atoms with Gasteiger partial charge in [0.25, 0.3) is 0 Å². The number of amides is 2. The van der Waals surface area contributed by atoms with Crippen LogP contribution in [0.1, 0.15) is 12.0 Å². The number of aryl methyl sites for hydroxylation is 1. The number of urea groups is 1. The lowest BCUT2D eigenvalue weighted by Crippen LogP contribution is -2.34. The first-order valence-electron chi connectivity index (χ1n) is 7.16. The molecule has 2 aromatic rings. The highest BCUT2D eigenvalue weighted by atomic mass is 16.5. The Balaban J connectivity index is 1.67. The molecule has 1 unspecified atom stereocenters. The number of aromatic nitrogens is 2. The van der Waals surface area contributed by atoms with Crippen molar-refractivity contribution in [3.8, 4) is 0 Å². The molecule has 116 valence electrons. The number of imidazole rings is 1. The predicted molar refractivity (Wildman–Crippen MR) is 80.6 cm³/mol. The zero-order chi connectivity index (χ0) is 15.7. The van der Waals surface area contributed by atoms with Crippen molar-refractivity contribution in [3.05, 3.63) is 30.1 Å². The summed E-state index contributed by atoms with van der Waals surface area (Å²) in [4.78, 5) is 29.7. The molecule has 22 heavy (non-hydrogen) atoms. The predicted octanol–water partition coefficient (Wildman–Crippen LogP) is 1.67. The maximum Gasteiger partial charge on any atom is 0.323 e. The third-order valence-corrected chi connectivity index (χ3v) is 3.84. The van der Waals surface area contributed by atoms with Gasteiger partial charge in [-0.2, -0.15) is 0 Å². The fraction of sp³-hybridized carbons (Fsp3) is 0.400. The van der Waals surface area contributed by atoms with Crippen LogP contribution in [0, 0.1) is 12.8 Å². The van der Waals surface area contributed by atoms with Gasteiger partial charge in [-0.15, -0.1) is 0 Å². The quantitative estimate of drug-likeness (QED) is 0.856. The SMILES string of the molecule is COC(=O)C1CCN(C(=O)Nc2cn3cc(C)ccc3n2)C1. The normalized spacial score (nSPS) is 17.7. The first-order valence-corrected chi connectivity index (χ1v) is 7.16. The molecule has 2 aromatic heterocycles. The number of carbonyl (C=O) groups is 2. The minimum absolute atomic E-state index is 0.237. The number of nitrogens with zero attached hydrogens (tertiary/aromatic N) is 3. The Bertz CT molecular complexity index is 725. The van der Waals surface area contributed by atoms with Gasteiger partial charge < -0.3 is 14.0 Å². The second-order valence-electron chi connectivity index (χ2n) is 5.48. The summed E-state index contributed by atoms with van der Waals surface area (Å²) in [6.45, 7) is 2.91. The van der Waals surface area contributed by atoms with Crippen LogP contribution in [0.3, 0.4) is 0 Å². The number of anilines is 1. The molecule has 7 heteroatoms. The van der Waals surface area contributed by atoms with Crippen LogP contribution in [-0.4, -0.2) is 46.5 Å². The average molecular weight is 302 g/mol. The molecule has 0 saturated carbocycles. The molecule has 1 saturated heterocycles. The monoisotopic (exact) mass is 302 g/mol. The molecule has 1 aliphatic heterocycles. The number of esters is 1. The van der Waals surface area contributed by atoms with E-state index in [2.05, 4.69) is 10.3 Å². The molecule has 1 fully saturated rings. The number of carbonyl (C=O) groups excluding carboxylic acids is 2. The van der Waals surface area contributed by atoms with Gasteiger partial charge in [0, 0.05) is 19.3 Å². The summed E-state index contributed by atoms with van der Waals surface area (Å²) >= 11 is 0. The van der Waals surface area contributed by atoms with Crippen molar-refractivity contribution in [2.24, 2.45) is 5.92 Å². The first kappa shape index (κ1) is 14.4. The minimum Gasteiger partial charge on any atom is -0.469 e. The van der Waals surface area contributed by atoms with Crippen molar-refractivity contribution in [2.75, 3.05) is 25.5 Å². The van der Waals surface area contributed by atoms with Gasteiger partial charge in [0.1, 0.15) is 5.65 Å². The molecule has 3 heterocycles. The number of hydrogen-bond acceptors (Lipinski definition) is 4. The van der Waals surface area contributed by atoms with E-state index in [0.29, 0.717) is 25.3 Å². The summed E-state index contributed by atoms with van der Waals surface area (Å²) in [6, 6.07) is 3.62. The minimum atomic E-state index is -0.265.